The molecule has 0 amide bonds. The molecule has 0 atom stereocenters. The highest BCUT2D eigenvalue weighted by molar-refractivity contribution is 9.49. The van der Waals surface area contributed by atoms with Gasteiger partial charge in [0.05, 0.1) is 0 Å². The number of hydrogen-bond donors (Lipinski definition) is 0. The van der Waals surface area contributed by atoms with Crippen LogP contribution >= 0.6 is 30.6 Å². The van der Waals surface area contributed by atoms with Gasteiger partial charge in [-0.3, -0.25) is 0 Å². The summed E-state index contributed by atoms with van der Waals surface area (Å²) in [6.07, 6.45) is 4.24. The first-order valence-corrected chi connectivity index (χ1v) is 9.35. The molecule has 0 radical (unpaired) electrons. The van der Waals surface area contributed by atoms with Gasteiger partial charge < -0.3 is 0 Å². The molecule has 0 aliphatic heterocycles. The Hall–Kier alpha value is 0.917. The summed E-state index contributed by atoms with van der Waals surface area (Å²) in [4.78, 5) is 0. The van der Waals surface area contributed by atoms with E-state index in [1.165, 1.54) is 6.04 Å². The lowest BCUT2D eigenvalue weighted by atomic mass is 10.6. The first kappa shape index (κ1) is 7.92. The molecule has 0 aliphatic rings. The van der Waals surface area contributed by atoms with Crippen molar-refractivity contribution in [3.63, 3.8) is 0 Å². The SMILES string of the molecule is CC=CC[SiH](Br)Br. The smallest absolute Gasteiger partial charge is 0.115 e. The van der Waals surface area contributed by atoms with Crippen LogP contribution in [0, 0.1) is 0 Å². The molecule has 0 aromatic carbocycles. The van der Waals surface area contributed by atoms with Crippen molar-refractivity contribution in [2.24, 2.45) is 0 Å². The maximum absolute atomic E-state index is 3.48. The minimum atomic E-state index is -0.650. The van der Waals surface area contributed by atoms with Gasteiger partial charge in [0.15, 0.2) is 6.04 Å². The Bertz CT molecular complexity index is 60.7. The summed E-state index contributed by atoms with van der Waals surface area (Å²) in [5, 5.41) is 0. The fraction of sp³-hybridized carbons (Fsp3) is 0.500. The third-order valence-corrected chi connectivity index (χ3v) is 3.42. The second-order valence-corrected chi connectivity index (χ2v) is 12.8. The Kier molecular flexibility index (Phi) is 5.72. The molecule has 0 spiro atoms. The van der Waals surface area contributed by atoms with Crippen molar-refractivity contribution in [1.82, 2.24) is 0 Å². The summed E-state index contributed by atoms with van der Waals surface area (Å²) in [7, 11) is 0. The maximum atomic E-state index is 3.48. The Labute approximate surface area is 61.8 Å². The van der Waals surface area contributed by atoms with E-state index in [0.717, 1.165) is 0 Å². The van der Waals surface area contributed by atoms with Gasteiger partial charge in [0.25, 0.3) is 0 Å². The summed E-state index contributed by atoms with van der Waals surface area (Å²) in [6.45, 7) is 2.04. The van der Waals surface area contributed by atoms with Gasteiger partial charge in [0.2, 0.25) is 0 Å². The largest absolute Gasteiger partial charge is 0.190 e. The fourth-order valence-electron chi connectivity index (χ4n) is 0.239. The Morgan fingerprint density at radius 3 is 2.29 bits per heavy atom. The van der Waals surface area contributed by atoms with Crippen molar-refractivity contribution in [2.75, 3.05) is 0 Å². The summed E-state index contributed by atoms with van der Waals surface area (Å²) < 4.78 is 0. The molecule has 3 heteroatoms. The Morgan fingerprint density at radius 1 is 1.57 bits per heavy atom. The van der Waals surface area contributed by atoms with E-state index < -0.39 is 6.04 Å². The molecule has 0 N–H and O–H groups in total. The van der Waals surface area contributed by atoms with E-state index in [9.17, 15) is 0 Å². The highest BCUT2D eigenvalue weighted by Gasteiger charge is 1.92. The van der Waals surface area contributed by atoms with Gasteiger partial charge in [-0.1, -0.05) is 12.2 Å². The normalized spacial score (nSPS) is 11.4. The molecule has 0 fully saturated rings. The van der Waals surface area contributed by atoms with Gasteiger partial charge in [-0.05, 0) is 13.0 Å². The molecule has 0 saturated carbocycles. The molecule has 0 bridgehead atoms. The van der Waals surface area contributed by atoms with Crippen molar-refractivity contribution < 1.29 is 0 Å². The highest BCUT2D eigenvalue weighted by Crippen LogP contribution is 2.08. The average molecular weight is 244 g/mol. The van der Waals surface area contributed by atoms with Gasteiger partial charge in [-0.25, -0.2) is 0 Å². The minimum absolute atomic E-state index is 0.650. The monoisotopic (exact) mass is 242 g/mol. The third-order valence-electron chi connectivity index (χ3n) is 0.550. The van der Waals surface area contributed by atoms with E-state index in [-0.39, 0.29) is 0 Å². The van der Waals surface area contributed by atoms with Crippen LogP contribution < -0.4 is 0 Å². The van der Waals surface area contributed by atoms with Crippen LogP contribution in [-0.4, -0.2) is 6.04 Å². The molecule has 0 aliphatic carbocycles. The van der Waals surface area contributed by atoms with Crippen molar-refractivity contribution in [3.05, 3.63) is 12.2 Å². The van der Waals surface area contributed by atoms with Crippen molar-refractivity contribution in [3.8, 4) is 0 Å². The number of halogens is 2. The predicted octanol–water partition coefficient (Wildman–Crippen LogP) is 2.57. The summed E-state index contributed by atoms with van der Waals surface area (Å²) in [5.74, 6) is 0. The quantitative estimate of drug-likeness (QED) is 0.398. The maximum Gasteiger partial charge on any atom is 0.190 e. The molecule has 0 rings (SSSR count). The molecule has 0 saturated heterocycles. The number of allylic oxidation sites excluding steroid dienone is 2. The molecule has 0 nitrogen and oxygen atoms in total. The number of rotatable bonds is 2. The van der Waals surface area contributed by atoms with Crippen molar-refractivity contribution in [1.29, 1.82) is 0 Å². The van der Waals surface area contributed by atoms with Crippen molar-refractivity contribution in [2.45, 2.75) is 13.0 Å². The first-order chi connectivity index (χ1) is 3.27. The first-order valence-electron chi connectivity index (χ1n) is 2.16. The molecule has 0 aromatic rings. The van der Waals surface area contributed by atoms with Crippen LogP contribution in [0.3, 0.4) is 0 Å². The van der Waals surface area contributed by atoms with Crippen molar-refractivity contribution >= 4 is 36.6 Å². The van der Waals surface area contributed by atoms with Crippen LogP contribution in [0.25, 0.3) is 0 Å². The van der Waals surface area contributed by atoms with E-state index in [4.69, 9.17) is 0 Å². The average Bonchev–Trinajstić information content (AvgIpc) is 1.61. The lowest BCUT2D eigenvalue weighted by Gasteiger charge is -1.86. The standard InChI is InChI=1S/C4H8Br2Si/c1-2-3-4-7(5)6/h2-3,7H,4H2,1H3. The highest BCUT2D eigenvalue weighted by atomic mass is 79.9. The van der Waals surface area contributed by atoms with Crippen LogP contribution in [0.1, 0.15) is 6.92 Å². The van der Waals surface area contributed by atoms with Gasteiger partial charge >= 0.3 is 0 Å². The van der Waals surface area contributed by atoms with E-state index in [0.29, 0.717) is 0 Å². The molecule has 0 unspecified atom stereocenters. The minimum Gasteiger partial charge on any atom is -0.115 e. The van der Waals surface area contributed by atoms with E-state index in [1.54, 1.807) is 0 Å². The summed E-state index contributed by atoms with van der Waals surface area (Å²) in [6, 6.07) is 0.541. The molecular weight excluding hydrogens is 236 g/mol. The van der Waals surface area contributed by atoms with Gasteiger partial charge in [-0.2, -0.15) is 0 Å². The zero-order valence-electron chi connectivity index (χ0n) is 4.20. The fourth-order valence-corrected chi connectivity index (χ4v) is 2.01. The lowest BCUT2D eigenvalue weighted by molar-refractivity contribution is 1.62. The van der Waals surface area contributed by atoms with Crippen LogP contribution in [0.2, 0.25) is 6.04 Å². The van der Waals surface area contributed by atoms with E-state index >= 15 is 0 Å². The number of hydrogen-bond acceptors (Lipinski definition) is 0. The molecule has 42 valence electrons. The van der Waals surface area contributed by atoms with Gasteiger partial charge in [0.1, 0.15) is 0 Å². The van der Waals surface area contributed by atoms with E-state index in [1.807, 2.05) is 6.92 Å². The van der Waals surface area contributed by atoms with Gasteiger partial charge in [0, 0.05) is 0 Å². The molecular formula is C4H8Br2Si. The Balaban J connectivity index is 2.97. The second-order valence-electron chi connectivity index (χ2n) is 1.20. The van der Waals surface area contributed by atoms with Crippen LogP contribution in [-0.2, 0) is 0 Å². The topological polar surface area (TPSA) is 0 Å². The lowest BCUT2D eigenvalue weighted by Crippen LogP contribution is -1.83. The zero-order valence-corrected chi connectivity index (χ0v) is 8.52. The molecule has 7 heavy (non-hydrogen) atoms. The summed E-state index contributed by atoms with van der Waals surface area (Å²) in [5.41, 5.74) is 0. The zero-order chi connectivity index (χ0) is 5.70. The summed E-state index contributed by atoms with van der Waals surface area (Å²) >= 11 is 6.96. The third kappa shape index (κ3) is 6.92. The van der Waals surface area contributed by atoms with Crippen LogP contribution in [0.5, 0.6) is 0 Å². The van der Waals surface area contributed by atoms with E-state index in [2.05, 4.69) is 42.7 Å². The molecule has 0 heterocycles. The Morgan fingerprint density at radius 2 is 2.14 bits per heavy atom. The second kappa shape index (κ2) is 5.06. The van der Waals surface area contributed by atoms with Gasteiger partial charge in [-0.15, -0.1) is 30.6 Å². The predicted molar refractivity (Wildman–Crippen MR) is 44.6 cm³/mol. The van der Waals surface area contributed by atoms with Crippen LogP contribution in [0.4, 0.5) is 0 Å². The van der Waals surface area contributed by atoms with Crippen LogP contribution in [0.15, 0.2) is 12.2 Å². The molecule has 0 aromatic heterocycles.